The molecule has 1 amide bonds. The zero-order chi connectivity index (χ0) is 14.4. The van der Waals surface area contributed by atoms with Crippen LogP contribution < -0.4 is 10.1 Å². The lowest BCUT2D eigenvalue weighted by Crippen LogP contribution is -2.27. The average Bonchev–Trinajstić information content (AvgIpc) is 2.89. The van der Waals surface area contributed by atoms with Crippen LogP contribution in [0.5, 0.6) is 10.8 Å². The highest BCUT2D eigenvalue weighted by Crippen LogP contribution is 2.22. The predicted octanol–water partition coefficient (Wildman–Crippen LogP) is 2.36. The third kappa shape index (κ3) is 4.28. The lowest BCUT2D eigenvalue weighted by atomic mass is 10.1. The fourth-order valence-corrected chi connectivity index (χ4v) is 2.57. The van der Waals surface area contributed by atoms with Gasteiger partial charge in [0.15, 0.2) is 5.06 Å². The number of amides is 1. The van der Waals surface area contributed by atoms with Crippen molar-refractivity contribution in [1.29, 1.82) is 0 Å². The minimum absolute atomic E-state index is 0.0158. The molecule has 20 heavy (non-hydrogen) atoms. The number of thiophene rings is 1. The summed E-state index contributed by atoms with van der Waals surface area (Å²) in [6, 6.07) is 8.65. The molecule has 1 aromatic heterocycles. The highest BCUT2D eigenvalue weighted by molar-refractivity contribution is 7.12. The van der Waals surface area contributed by atoms with Gasteiger partial charge in [0.2, 0.25) is 5.91 Å². The quantitative estimate of drug-likeness (QED) is 0.859. The number of benzene rings is 1. The lowest BCUT2D eigenvalue weighted by molar-refractivity contribution is -0.120. The van der Waals surface area contributed by atoms with Gasteiger partial charge in [-0.25, -0.2) is 0 Å². The summed E-state index contributed by atoms with van der Waals surface area (Å²) in [5.74, 6) is 0.193. The molecule has 1 heterocycles. The van der Waals surface area contributed by atoms with Crippen LogP contribution in [-0.2, 0) is 17.6 Å². The van der Waals surface area contributed by atoms with Gasteiger partial charge in [-0.15, -0.1) is 11.3 Å². The summed E-state index contributed by atoms with van der Waals surface area (Å²) >= 11 is 1.55. The molecule has 0 spiro atoms. The van der Waals surface area contributed by atoms with Gasteiger partial charge in [-0.2, -0.15) is 0 Å². The molecule has 0 unspecified atom stereocenters. The summed E-state index contributed by atoms with van der Waals surface area (Å²) in [6.07, 6.45) is 1.12. The topological polar surface area (TPSA) is 58.6 Å². The second kappa shape index (κ2) is 6.96. The van der Waals surface area contributed by atoms with Gasteiger partial charge in [0.05, 0.1) is 13.5 Å². The van der Waals surface area contributed by atoms with Crippen LogP contribution in [0, 0.1) is 0 Å². The number of hydrogen-bond acceptors (Lipinski definition) is 4. The second-order valence-electron chi connectivity index (χ2n) is 4.42. The maximum atomic E-state index is 11.8. The Labute approximate surface area is 122 Å². The van der Waals surface area contributed by atoms with Crippen molar-refractivity contribution in [3.8, 4) is 10.8 Å². The molecule has 4 nitrogen and oxygen atoms in total. The normalized spacial score (nSPS) is 10.2. The van der Waals surface area contributed by atoms with E-state index in [2.05, 4.69) is 5.32 Å². The smallest absolute Gasteiger partial charge is 0.224 e. The van der Waals surface area contributed by atoms with Gasteiger partial charge in [0, 0.05) is 6.54 Å². The SMILES string of the molecule is COc1cc(CCNC(=O)Cc2ccc(O)cc2)cs1. The van der Waals surface area contributed by atoms with Gasteiger partial charge in [0.25, 0.3) is 0 Å². The number of carbonyl (C=O) groups excluding carboxylic acids is 1. The molecule has 106 valence electrons. The van der Waals surface area contributed by atoms with E-state index in [1.54, 1.807) is 42.7 Å². The molecule has 5 heteroatoms. The third-order valence-corrected chi connectivity index (χ3v) is 3.81. The standard InChI is InChI=1S/C15H17NO3S/c1-19-15-9-12(10-20-15)6-7-16-14(18)8-11-2-4-13(17)5-3-11/h2-5,9-10,17H,6-8H2,1H3,(H,16,18). The highest BCUT2D eigenvalue weighted by Gasteiger charge is 2.04. The number of carbonyl (C=O) groups is 1. The van der Waals surface area contributed by atoms with Crippen LogP contribution >= 0.6 is 11.3 Å². The number of nitrogens with one attached hydrogen (secondary N) is 1. The summed E-state index contributed by atoms with van der Waals surface area (Å²) < 4.78 is 5.12. The van der Waals surface area contributed by atoms with Gasteiger partial charge < -0.3 is 15.2 Å². The van der Waals surface area contributed by atoms with Crippen molar-refractivity contribution in [3.63, 3.8) is 0 Å². The Morgan fingerprint density at radius 1 is 1.30 bits per heavy atom. The molecule has 0 fully saturated rings. The van der Waals surface area contributed by atoms with E-state index in [1.807, 2.05) is 11.4 Å². The van der Waals surface area contributed by atoms with Crippen LogP contribution in [0.15, 0.2) is 35.7 Å². The van der Waals surface area contributed by atoms with E-state index < -0.39 is 0 Å². The first-order valence-corrected chi connectivity index (χ1v) is 7.21. The van der Waals surface area contributed by atoms with Crippen LogP contribution in [0.3, 0.4) is 0 Å². The molecule has 0 bridgehead atoms. The Kier molecular flexibility index (Phi) is 5.01. The first kappa shape index (κ1) is 14.4. The van der Waals surface area contributed by atoms with Crippen molar-refractivity contribution < 1.29 is 14.6 Å². The number of rotatable bonds is 6. The molecule has 2 aromatic rings. The van der Waals surface area contributed by atoms with Gasteiger partial charge >= 0.3 is 0 Å². The molecule has 0 aliphatic rings. The minimum Gasteiger partial charge on any atom is -0.508 e. The molecular formula is C15H17NO3S. The third-order valence-electron chi connectivity index (χ3n) is 2.87. The Bertz CT molecular complexity index is 563. The summed E-state index contributed by atoms with van der Waals surface area (Å²) in [4.78, 5) is 11.8. The number of phenolic OH excluding ortho intramolecular Hbond substituents is 1. The molecule has 0 saturated carbocycles. The fourth-order valence-electron chi connectivity index (χ4n) is 1.80. The Morgan fingerprint density at radius 2 is 2.05 bits per heavy atom. The van der Waals surface area contributed by atoms with Crippen LogP contribution in [-0.4, -0.2) is 24.7 Å². The molecule has 0 aliphatic carbocycles. The van der Waals surface area contributed by atoms with Crippen LogP contribution in [0.1, 0.15) is 11.1 Å². The average molecular weight is 291 g/mol. The molecule has 2 rings (SSSR count). The van der Waals surface area contributed by atoms with Gasteiger partial charge in [-0.3, -0.25) is 4.79 Å². The number of hydrogen-bond donors (Lipinski definition) is 2. The molecule has 2 N–H and O–H groups in total. The summed E-state index contributed by atoms with van der Waals surface area (Å²) in [6.45, 7) is 0.608. The largest absolute Gasteiger partial charge is 0.508 e. The van der Waals surface area contributed by atoms with Crippen LogP contribution in [0.4, 0.5) is 0 Å². The highest BCUT2D eigenvalue weighted by atomic mass is 32.1. The number of methoxy groups -OCH3 is 1. The van der Waals surface area contributed by atoms with E-state index in [0.717, 1.165) is 22.6 Å². The van der Waals surface area contributed by atoms with Crippen molar-refractivity contribution >= 4 is 17.2 Å². The van der Waals surface area contributed by atoms with Crippen LogP contribution in [0.25, 0.3) is 0 Å². The Hall–Kier alpha value is -2.01. The van der Waals surface area contributed by atoms with E-state index in [0.29, 0.717) is 13.0 Å². The molecule has 1 aromatic carbocycles. The van der Waals surface area contributed by atoms with Crippen molar-refractivity contribution in [2.75, 3.05) is 13.7 Å². The molecule has 0 aliphatic heterocycles. The van der Waals surface area contributed by atoms with Crippen LogP contribution in [0.2, 0.25) is 0 Å². The fraction of sp³-hybridized carbons (Fsp3) is 0.267. The molecule has 0 radical (unpaired) electrons. The van der Waals surface area contributed by atoms with Crippen molar-refractivity contribution in [2.24, 2.45) is 0 Å². The minimum atomic E-state index is -0.0158. The van der Waals surface area contributed by atoms with Gasteiger partial charge in [0.1, 0.15) is 5.75 Å². The Morgan fingerprint density at radius 3 is 2.70 bits per heavy atom. The Balaban J connectivity index is 1.73. The first-order chi connectivity index (χ1) is 9.67. The summed E-state index contributed by atoms with van der Waals surface area (Å²) in [5, 5.41) is 15.0. The maximum Gasteiger partial charge on any atom is 0.224 e. The summed E-state index contributed by atoms with van der Waals surface area (Å²) in [7, 11) is 1.65. The summed E-state index contributed by atoms with van der Waals surface area (Å²) in [5.41, 5.74) is 2.05. The zero-order valence-electron chi connectivity index (χ0n) is 11.3. The monoisotopic (exact) mass is 291 g/mol. The second-order valence-corrected chi connectivity index (χ2v) is 5.30. The van der Waals surface area contributed by atoms with E-state index in [4.69, 9.17) is 4.74 Å². The maximum absolute atomic E-state index is 11.8. The van der Waals surface area contributed by atoms with Crippen molar-refractivity contribution in [2.45, 2.75) is 12.8 Å². The van der Waals surface area contributed by atoms with Gasteiger partial charge in [-0.05, 0) is 41.1 Å². The predicted molar refractivity (Wildman–Crippen MR) is 79.4 cm³/mol. The van der Waals surface area contributed by atoms with E-state index in [1.165, 1.54) is 0 Å². The number of aromatic hydroxyl groups is 1. The van der Waals surface area contributed by atoms with E-state index in [9.17, 15) is 9.90 Å². The van der Waals surface area contributed by atoms with E-state index in [-0.39, 0.29) is 11.7 Å². The number of ether oxygens (including phenoxy) is 1. The van der Waals surface area contributed by atoms with Gasteiger partial charge in [-0.1, -0.05) is 12.1 Å². The molecular weight excluding hydrogens is 274 g/mol. The van der Waals surface area contributed by atoms with Crippen molar-refractivity contribution in [3.05, 3.63) is 46.8 Å². The molecule has 0 saturated heterocycles. The lowest BCUT2D eigenvalue weighted by Gasteiger charge is -2.04. The van der Waals surface area contributed by atoms with Crippen molar-refractivity contribution in [1.82, 2.24) is 5.32 Å². The van der Waals surface area contributed by atoms with E-state index >= 15 is 0 Å². The first-order valence-electron chi connectivity index (χ1n) is 6.33. The zero-order valence-corrected chi connectivity index (χ0v) is 12.1. The molecule has 0 atom stereocenters. The number of phenols is 1.